The van der Waals surface area contributed by atoms with Gasteiger partial charge in [0, 0.05) is 0 Å². The molecule has 1 rings (SSSR count). The summed E-state index contributed by atoms with van der Waals surface area (Å²) in [4.78, 5) is 0. The molecule has 5 heteroatoms. The van der Waals surface area contributed by atoms with Gasteiger partial charge in [-0.3, -0.25) is 4.55 Å². The van der Waals surface area contributed by atoms with Crippen LogP contribution in [0.15, 0.2) is 18.2 Å². The van der Waals surface area contributed by atoms with E-state index in [2.05, 4.69) is 26.0 Å². The van der Waals surface area contributed by atoms with Crippen LogP contribution < -0.4 is 4.74 Å². The number of ether oxygens (including phenoxy) is 1. The van der Waals surface area contributed by atoms with Crippen LogP contribution in [0.3, 0.4) is 0 Å². The van der Waals surface area contributed by atoms with Gasteiger partial charge in [0.05, 0.1) is 12.4 Å². The molecule has 0 fully saturated rings. The average Bonchev–Trinajstić information content (AvgIpc) is 2.62. The topological polar surface area (TPSA) is 63.6 Å². The summed E-state index contributed by atoms with van der Waals surface area (Å²) in [5.74, 6) is 0.754. The molecule has 0 aliphatic carbocycles. The van der Waals surface area contributed by atoms with Crippen molar-refractivity contribution in [1.29, 1.82) is 0 Å². The smallest absolute Gasteiger partial charge is 0.264 e. The number of hydrogen-bond acceptors (Lipinski definition) is 3. The SMILES string of the molecule is CCCCCCc1cccc(OCCCCS(=O)(=O)O)c1CCCCCC. The lowest BCUT2D eigenvalue weighted by Gasteiger charge is -2.16. The highest BCUT2D eigenvalue weighted by molar-refractivity contribution is 7.85. The standard InChI is InChI=1S/C22H38O4S/c1-3-5-7-9-14-20-15-13-17-22(21(20)16-10-8-6-4-2)26-18-11-12-19-27(23,24)25/h13,15,17H,3-12,14,16,18-19H2,1-2H3,(H,23,24,25). The average molecular weight is 399 g/mol. The van der Waals surface area contributed by atoms with E-state index in [-0.39, 0.29) is 5.75 Å². The fraction of sp³-hybridized carbons (Fsp3) is 0.727. The molecule has 27 heavy (non-hydrogen) atoms. The monoisotopic (exact) mass is 398 g/mol. The van der Waals surface area contributed by atoms with Gasteiger partial charge in [0.25, 0.3) is 10.1 Å². The molecule has 0 spiro atoms. The van der Waals surface area contributed by atoms with Crippen molar-refractivity contribution in [3.8, 4) is 5.75 Å². The molecule has 1 N–H and O–H groups in total. The minimum Gasteiger partial charge on any atom is -0.493 e. The first-order valence-electron chi connectivity index (χ1n) is 10.7. The lowest BCUT2D eigenvalue weighted by Crippen LogP contribution is -2.07. The molecule has 0 saturated heterocycles. The Labute approximate surface area is 166 Å². The third kappa shape index (κ3) is 11.4. The van der Waals surface area contributed by atoms with E-state index in [9.17, 15) is 8.42 Å². The first-order valence-corrected chi connectivity index (χ1v) is 12.3. The molecule has 0 radical (unpaired) electrons. The Morgan fingerprint density at radius 1 is 0.852 bits per heavy atom. The first kappa shape index (κ1) is 24.0. The summed E-state index contributed by atoms with van der Waals surface area (Å²) < 4.78 is 36.4. The fourth-order valence-electron chi connectivity index (χ4n) is 3.30. The number of hydrogen-bond donors (Lipinski definition) is 1. The zero-order valence-electron chi connectivity index (χ0n) is 17.2. The van der Waals surface area contributed by atoms with Crippen LogP contribution in [0, 0.1) is 0 Å². The van der Waals surface area contributed by atoms with Gasteiger partial charge in [0.15, 0.2) is 0 Å². The predicted octanol–water partition coefficient (Wildman–Crippen LogP) is 5.98. The minimum atomic E-state index is -3.87. The molecule has 4 nitrogen and oxygen atoms in total. The van der Waals surface area contributed by atoms with Gasteiger partial charge in [0.1, 0.15) is 5.75 Å². The second-order valence-corrected chi connectivity index (χ2v) is 8.93. The Bertz CT molecular complexity index is 611. The van der Waals surface area contributed by atoms with Crippen molar-refractivity contribution in [2.45, 2.75) is 90.9 Å². The van der Waals surface area contributed by atoms with E-state index in [1.807, 2.05) is 6.07 Å². The largest absolute Gasteiger partial charge is 0.493 e. The van der Waals surface area contributed by atoms with E-state index in [4.69, 9.17) is 9.29 Å². The molecule has 0 heterocycles. The number of benzene rings is 1. The second kappa shape index (κ2) is 14.0. The molecular formula is C22H38O4S. The zero-order valence-corrected chi connectivity index (χ0v) is 18.0. The van der Waals surface area contributed by atoms with Crippen LogP contribution in [0.4, 0.5) is 0 Å². The van der Waals surface area contributed by atoms with Crippen LogP contribution in [0.5, 0.6) is 5.75 Å². The maximum atomic E-state index is 10.8. The summed E-state index contributed by atoms with van der Waals surface area (Å²) in [5, 5.41) is 0. The highest BCUT2D eigenvalue weighted by Crippen LogP contribution is 2.27. The van der Waals surface area contributed by atoms with Crippen molar-refractivity contribution in [2.75, 3.05) is 12.4 Å². The van der Waals surface area contributed by atoms with Crippen LogP contribution >= 0.6 is 0 Å². The van der Waals surface area contributed by atoms with Gasteiger partial charge in [-0.2, -0.15) is 8.42 Å². The summed E-state index contributed by atoms with van der Waals surface area (Å²) in [5.41, 5.74) is 2.73. The van der Waals surface area contributed by atoms with Crippen molar-refractivity contribution in [2.24, 2.45) is 0 Å². The van der Waals surface area contributed by atoms with Crippen molar-refractivity contribution in [3.05, 3.63) is 29.3 Å². The maximum Gasteiger partial charge on any atom is 0.264 e. The molecule has 156 valence electrons. The van der Waals surface area contributed by atoms with E-state index in [1.165, 1.54) is 62.5 Å². The van der Waals surface area contributed by atoms with Crippen molar-refractivity contribution < 1.29 is 17.7 Å². The quantitative estimate of drug-likeness (QED) is 0.275. The molecule has 0 aliphatic rings. The van der Waals surface area contributed by atoms with Crippen LogP contribution in [0.2, 0.25) is 0 Å². The highest BCUT2D eigenvalue weighted by atomic mass is 32.2. The third-order valence-electron chi connectivity index (χ3n) is 4.86. The van der Waals surface area contributed by atoms with Crippen molar-refractivity contribution >= 4 is 10.1 Å². The molecule has 0 amide bonds. The van der Waals surface area contributed by atoms with Gasteiger partial charge in [0.2, 0.25) is 0 Å². The van der Waals surface area contributed by atoms with Gasteiger partial charge < -0.3 is 4.74 Å². The summed E-state index contributed by atoms with van der Waals surface area (Å²) in [7, 11) is -3.87. The highest BCUT2D eigenvalue weighted by Gasteiger charge is 2.10. The molecule has 0 unspecified atom stereocenters. The first-order chi connectivity index (χ1) is 13.0. The van der Waals surface area contributed by atoms with E-state index >= 15 is 0 Å². The zero-order chi connectivity index (χ0) is 20.0. The van der Waals surface area contributed by atoms with Gasteiger partial charge in [-0.1, -0.05) is 64.5 Å². The van der Waals surface area contributed by atoms with Gasteiger partial charge in [-0.15, -0.1) is 0 Å². The van der Waals surface area contributed by atoms with E-state index in [0.717, 1.165) is 18.6 Å². The summed E-state index contributed by atoms with van der Waals surface area (Å²) in [6, 6.07) is 6.33. The third-order valence-corrected chi connectivity index (χ3v) is 5.67. The molecule has 0 atom stereocenters. The van der Waals surface area contributed by atoms with Crippen molar-refractivity contribution in [3.63, 3.8) is 0 Å². The summed E-state index contributed by atoms with van der Waals surface area (Å²) in [6.07, 6.45) is 13.1. The normalized spacial score (nSPS) is 11.7. The summed E-state index contributed by atoms with van der Waals surface area (Å²) in [6.45, 7) is 4.94. The molecular weight excluding hydrogens is 360 g/mol. The molecule has 0 bridgehead atoms. The fourth-order valence-corrected chi connectivity index (χ4v) is 3.87. The van der Waals surface area contributed by atoms with Crippen LogP contribution in [0.1, 0.15) is 89.2 Å². The van der Waals surface area contributed by atoms with Gasteiger partial charge >= 0.3 is 0 Å². The predicted molar refractivity (Wildman–Crippen MR) is 113 cm³/mol. The molecule has 0 saturated carbocycles. The minimum absolute atomic E-state index is 0.197. The molecule has 0 aromatic heterocycles. The van der Waals surface area contributed by atoms with E-state index < -0.39 is 10.1 Å². The molecule has 0 aliphatic heterocycles. The Morgan fingerprint density at radius 3 is 2.15 bits per heavy atom. The molecule has 1 aromatic rings. The number of aryl methyl sites for hydroxylation is 1. The number of unbranched alkanes of at least 4 members (excludes halogenated alkanes) is 7. The Balaban J connectivity index is 2.65. The van der Waals surface area contributed by atoms with E-state index in [1.54, 1.807) is 0 Å². The maximum absolute atomic E-state index is 10.8. The number of rotatable bonds is 16. The van der Waals surface area contributed by atoms with E-state index in [0.29, 0.717) is 19.4 Å². The Hall–Kier alpha value is -1.07. The van der Waals surface area contributed by atoms with Crippen LogP contribution in [0.25, 0.3) is 0 Å². The lowest BCUT2D eigenvalue weighted by molar-refractivity contribution is 0.305. The van der Waals surface area contributed by atoms with Crippen molar-refractivity contribution in [1.82, 2.24) is 0 Å². The Morgan fingerprint density at radius 2 is 1.52 bits per heavy atom. The Kier molecular flexibility index (Phi) is 12.4. The van der Waals surface area contributed by atoms with Gasteiger partial charge in [-0.25, -0.2) is 0 Å². The lowest BCUT2D eigenvalue weighted by atomic mass is 9.96. The second-order valence-electron chi connectivity index (χ2n) is 7.36. The van der Waals surface area contributed by atoms with Gasteiger partial charge in [-0.05, 0) is 55.7 Å². The van der Waals surface area contributed by atoms with Crippen LogP contribution in [-0.2, 0) is 23.0 Å². The summed E-state index contributed by atoms with van der Waals surface area (Å²) >= 11 is 0. The molecule has 1 aromatic carbocycles. The van der Waals surface area contributed by atoms with Crippen LogP contribution in [-0.4, -0.2) is 25.3 Å².